The average molecular weight is 629 g/mol. The fourth-order valence-corrected chi connectivity index (χ4v) is 7.82. The summed E-state index contributed by atoms with van der Waals surface area (Å²) in [5.41, 5.74) is -2.02. The number of carbonyl (C=O) groups is 2. The molecule has 3 saturated heterocycles. The lowest BCUT2D eigenvalue weighted by atomic mass is 9.97. The normalized spacial score (nSPS) is 23.6. The van der Waals surface area contributed by atoms with Crippen LogP contribution in [0.25, 0.3) is 0 Å². The largest absolute Gasteiger partial charge is 0.480 e. The number of halogens is 3. The molecule has 3 fully saturated rings. The van der Waals surface area contributed by atoms with Crippen molar-refractivity contribution in [3.63, 3.8) is 0 Å². The third-order valence-electron chi connectivity index (χ3n) is 7.98. The minimum atomic E-state index is -4.72. The molecule has 5 rings (SSSR count). The van der Waals surface area contributed by atoms with Gasteiger partial charge in [0.15, 0.2) is 22.9 Å². The summed E-state index contributed by atoms with van der Waals surface area (Å²) in [5, 5.41) is 10.6. The molecule has 3 aliphatic rings. The summed E-state index contributed by atoms with van der Waals surface area (Å²) in [6, 6.07) is 5.94. The average Bonchev–Trinajstić information content (AvgIpc) is 3.21. The number of hydrogen-bond acceptors (Lipinski definition) is 8. The molecule has 42 heavy (non-hydrogen) atoms. The van der Waals surface area contributed by atoms with Gasteiger partial charge >= 0.3 is 12.1 Å². The number of sulfonamides is 1. The van der Waals surface area contributed by atoms with E-state index in [0.717, 1.165) is 30.5 Å². The second-order valence-corrected chi connectivity index (χ2v) is 13.0. The van der Waals surface area contributed by atoms with Gasteiger partial charge in [-0.3, -0.25) is 9.69 Å². The van der Waals surface area contributed by atoms with Gasteiger partial charge in [-0.15, -0.1) is 0 Å². The molecule has 0 spiro atoms. The Kier molecular flexibility index (Phi) is 8.63. The van der Waals surface area contributed by atoms with Gasteiger partial charge in [0.05, 0.1) is 11.4 Å². The van der Waals surface area contributed by atoms with E-state index >= 15 is 8.78 Å². The molecule has 2 atom stereocenters. The Morgan fingerprint density at radius 2 is 1.74 bits per heavy atom. The number of likely N-dealkylation sites (tertiary alicyclic amines) is 1. The quantitative estimate of drug-likeness (QED) is 0.470. The van der Waals surface area contributed by atoms with E-state index in [1.165, 1.54) is 29.2 Å². The Balaban J connectivity index is 1.32. The van der Waals surface area contributed by atoms with Crippen molar-refractivity contribution >= 4 is 33.7 Å². The van der Waals surface area contributed by atoms with Gasteiger partial charge in [-0.25, -0.2) is 22.0 Å². The maximum Gasteiger partial charge on any atom is 0.409 e. The van der Waals surface area contributed by atoms with Crippen LogP contribution in [0.3, 0.4) is 0 Å². The van der Waals surface area contributed by atoms with Crippen molar-refractivity contribution in [3.05, 3.63) is 53.1 Å². The van der Waals surface area contributed by atoms with Crippen LogP contribution in [0.4, 0.5) is 13.6 Å². The molecule has 0 aliphatic carbocycles. The van der Waals surface area contributed by atoms with Crippen LogP contribution in [0.5, 0.6) is 11.5 Å². The lowest BCUT2D eigenvalue weighted by Crippen LogP contribution is -2.67. The Bertz CT molecular complexity index is 1430. The van der Waals surface area contributed by atoms with E-state index in [1.54, 1.807) is 0 Å². The highest BCUT2D eigenvalue weighted by atomic mass is 35.5. The van der Waals surface area contributed by atoms with E-state index in [4.69, 9.17) is 21.1 Å². The number of hydrogen-bond donors (Lipinski definition) is 1. The molecule has 3 aliphatic heterocycles. The SMILES string of the molecule is CN1CCN(CCOC(=O)N2CC3CCC(C(=O)O)(C2)N3S(=O)(=O)c2cc(F)c(Oc3ccc(Cl)cc3)c(F)c2)CC1. The number of carboxylic acid groups (broad SMARTS) is 1. The van der Waals surface area contributed by atoms with E-state index in [9.17, 15) is 23.1 Å². The Morgan fingerprint density at radius 3 is 2.36 bits per heavy atom. The van der Waals surface area contributed by atoms with Crippen molar-refractivity contribution in [1.29, 1.82) is 0 Å². The van der Waals surface area contributed by atoms with Crippen molar-refractivity contribution in [1.82, 2.24) is 19.0 Å². The second kappa shape index (κ2) is 11.9. The van der Waals surface area contributed by atoms with Gasteiger partial charge in [-0.05, 0) is 56.3 Å². The smallest absolute Gasteiger partial charge is 0.409 e. The van der Waals surface area contributed by atoms with Crippen LogP contribution in [0.15, 0.2) is 41.3 Å². The van der Waals surface area contributed by atoms with Crippen molar-refractivity contribution < 1.29 is 41.4 Å². The maximum absolute atomic E-state index is 15.0. The summed E-state index contributed by atoms with van der Waals surface area (Å²) in [6.45, 7) is 3.52. The van der Waals surface area contributed by atoms with Gasteiger partial charge < -0.3 is 24.4 Å². The first kappa shape index (κ1) is 30.4. The van der Waals surface area contributed by atoms with Crippen LogP contribution >= 0.6 is 11.6 Å². The number of carbonyl (C=O) groups excluding carboxylic acids is 1. The summed E-state index contributed by atoms with van der Waals surface area (Å²) in [5.74, 6) is -4.80. The number of ether oxygens (including phenoxy) is 2. The summed E-state index contributed by atoms with van der Waals surface area (Å²) in [7, 11) is -2.69. The molecular weight excluding hydrogens is 598 g/mol. The summed E-state index contributed by atoms with van der Waals surface area (Å²) < 4.78 is 69.0. The minimum Gasteiger partial charge on any atom is -0.480 e. The topological polar surface area (TPSA) is 120 Å². The molecule has 3 heterocycles. The lowest BCUT2D eigenvalue weighted by molar-refractivity contribution is -0.150. The molecule has 0 aromatic heterocycles. The summed E-state index contributed by atoms with van der Waals surface area (Å²) in [6.07, 6.45) is -0.682. The molecule has 1 N–H and O–H groups in total. The number of amides is 1. The van der Waals surface area contributed by atoms with Crippen LogP contribution in [-0.2, 0) is 19.6 Å². The zero-order chi connectivity index (χ0) is 30.2. The maximum atomic E-state index is 15.0. The van der Waals surface area contributed by atoms with Crippen molar-refractivity contribution in [2.24, 2.45) is 0 Å². The van der Waals surface area contributed by atoms with E-state index in [-0.39, 0.29) is 31.7 Å². The van der Waals surface area contributed by atoms with E-state index in [0.29, 0.717) is 23.7 Å². The molecule has 0 saturated carbocycles. The van der Waals surface area contributed by atoms with Crippen LogP contribution in [0, 0.1) is 11.6 Å². The van der Waals surface area contributed by atoms with Crippen LogP contribution in [0.1, 0.15) is 12.8 Å². The molecule has 2 aromatic carbocycles. The molecule has 2 aromatic rings. The molecule has 11 nitrogen and oxygen atoms in total. The Hall–Kier alpha value is -3.04. The summed E-state index contributed by atoms with van der Waals surface area (Å²) in [4.78, 5) is 30.3. The minimum absolute atomic E-state index is 0.0715. The Labute approximate surface area is 247 Å². The molecule has 15 heteroatoms. The number of piperazine rings is 2. The molecule has 2 unspecified atom stereocenters. The molecule has 0 radical (unpaired) electrons. The fourth-order valence-electron chi connectivity index (χ4n) is 5.71. The second-order valence-electron chi connectivity index (χ2n) is 10.7. The number of carboxylic acids is 1. The van der Waals surface area contributed by atoms with Crippen molar-refractivity contribution in [2.75, 3.05) is 59.5 Å². The first-order valence-electron chi connectivity index (χ1n) is 13.4. The zero-order valence-electron chi connectivity index (χ0n) is 22.8. The molecule has 2 bridgehead atoms. The standard InChI is InChI=1S/C27H31ClF2N4O7S/c1-31-8-10-32(11-9-31)12-13-40-26(37)33-16-19-6-7-27(17-33,25(35)36)34(19)42(38,39)21-14-22(29)24(23(30)15-21)41-20-4-2-18(28)3-5-20/h2-5,14-15,19H,6-13,16-17H2,1H3,(H,35,36). The first-order chi connectivity index (χ1) is 19.9. The number of aliphatic carboxylic acids is 1. The third-order valence-corrected chi connectivity index (χ3v) is 10.2. The highest BCUT2D eigenvalue weighted by Gasteiger charge is 2.62. The molecule has 1 amide bonds. The molecular formula is C27H31ClF2N4O7S. The lowest BCUT2D eigenvalue weighted by Gasteiger charge is -2.44. The van der Waals surface area contributed by atoms with Gasteiger partial charge in [-0.2, -0.15) is 4.31 Å². The highest BCUT2D eigenvalue weighted by Crippen LogP contribution is 2.44. The molecule has 228 valence electrons. The van der Waals surface area contributed by atoms with Crippen LogP contribution in [0.2, 0.25) is 5.02 Å². The van der Waals surface area contributed by atoms with E-state index in [1.807, 2.05) is 7.05 Å². The Morgan fingerprint density at radius 1 is 1.10 bits per heavy atom. The first-order valence-corrected chi connectivity index (χ1v) is 15.3. The van der Waals surface area contributed by atoms with Crippen molar-refractivity contribution in [2.45, 2.75) is 29.3 Å². The van der Waals surface area contributed by atoms with Crippen molar-refractivity contribution in [3.8, 4) is 11.5 Å². The third kappa shape index (κ3) is 5.91. The van der Waals surface area contributed by atoms with Gasteiger partial charge in [0.25, 0.3) is 0 Å². The van der Waals surface area contributed by atoms with Gasteiger partial charge in [-0.1, -0.05) is 11.6 Å². The zero-order valence-corrected chi connectivity index (χ0v) is 24.4. The number of fused-ring (bicyclic) bond motifs is 2. The highest BCUT2D eigenvalue weighted by molar-refractivity contribution is 7.89. The van der Waals surface area contributed by atoms with Gasteiger partial charge in [0.1, 0.15) is 12.4 Å². The summed E-state index contributed by atoms with van der Waals surface area (Å²) >= 11 is 5.82. The van der Waals surface area contributed by atoms with Gasteiger partial charge in [0.2, 0.25) is 10.0 Å². The predicted octanol–water partition coefficient (Wildman–Crippen LogP) is 3.09. The van der Waals surface area contributed by atoms with E-state index in [2.05, 4.69) is 9.80 Å². The monoisotopic (exact) mass is 628 g/mol. The number of rotatable bonds is 8. The van der Waals surface area contributed by atoms with Crippen LogP contribution in [-0.4, -0.2) is 116 Å². The number of likely N-dealkylation sites (N-methyl/N-ethyl adjacent to an activating group) is 1. The number of benzene rings is 2. The number of nitrogens with zero attached hydrogens (tertiary/aromatic N) is 4. The predicted molar refractivity (Wildman–Crippen MR) is 147 cm³/mol. The van der Waals surface area contributed by atoms with E-state index < -0.39 is 62.5 Å². The van der Waals surface area contributed by atoms with Crippen LogP contribution < -0.4 is 4.74 Å². The van der Waals surface area contributed by atoms with Gasteiger partial charge in [0, 0.05) is 50.3 Å². The fraction of sp³-hybridized carbons (Fsp3) is 0.481.